The van der Waals surface area contributed by atoms with Crippen LogP contribution in [0.25, 0.3) is 0 Å². The molecule has 82 valence electrons. The molecular weight excluding hydrogens is 200 g/mol. The molecule has 2 rings (SSSR count). The zero-order chi connectivity index (χ0) is 11.7. The fourth-order valence-electron chi connectivity index (χ4n) is 2.06. The van der Waals surface area contributed by atoms with Gasteiger partial charge in [0.25, 0.3) is 0 Å². The number of ketones is 1. The Morgan fingerprint density at radius 2 is 2.19 bits per heavy atom. The summed E-state index contributed by atoms with van der Waals surface area (Å²) in [6.45, 7) is 5.00. The highest BCUT2D eigenvalue weighted by Gasteiger charge is 2.31. The largest absolute Gasteiger partial charge is 0.362 e. The summed E-state index contributed by atoms with van der Waals surface area (Å²) in [7, 11) is 0. The maximum atomic E-state index is 11.5. The van der Waals surface area contributed by atoms with Crippen molar-refractivity contribution < 1.29 is 4.79 Å². The molecule has 1 atom stereocenters. The van der Waals surface area contributed by atoms with Crippen molar-refractivity contribution in [2.24, 2.45) is 5.92 Å². The summed E-state index contributed by atoms with van der Waals surface area (Å²) in [4.78, 5) is 13.5. The summed E-state index contributed by atoms with van der Waals surface area (Å²) in [5.41, 5.74) is 3.48. The van der Waals surface area contributed by atoms with Crippen molar-refractivity contribution in [3.63, 3.8) is 0 Å². The molecule has 1 heterocycles. The molecule has 16 heavy (non-hydrogen) atoms. The standard InChI is InChI=1S/C13H14N2O/c1-9-4-3-5-12(10(9)2)15-7-11(6-14)13(16)8-15/h3-5,11H,7-8H2,1-2H3. The average Bonchev–Trinajstić information content (AvgIpc) is 2.63. The van der Waals surface area contributed by atoms with E-state index in [2.05, 4.69) is 26.0 Å². The van der Waals surface area contributed by atoms with Gasteiger partial charge in [0.1, 0.15) is 5.92 Å². The van der Waals surface area contributed by atoms with E-state index < -0.39 is 5.92 Å². The number of nitriles is 1. The Labute approximate surface area is 95.3 Å². The highest BCUT2D eigenvalue weighted by atomic mass is 16.1. The highest BCUT2D eigenvalue weighted by Crippen LogP contribution is 2.26. The molecule has 0 bridgehead atoms. The number of carbonyl (C=O) groups is 1. The predicted molar refractivity (Wildman–Crippen MR) is 62.2 cm³/mol. The van der Waals surface area contributed by atoms with Gasteiger partial charge < -0.3 is 4.90 Å². The lowest BCUT2D eigenvalue weighted by atomic mass is 10.1. The van der Waals surface area contributed by atoms with E-state index in [-0.39, 0.29) is 5.78 Å². The second-order valence-electron chi connectivity index (χ2n) is 4.25. The second kappa shape index (κ2) is 3.97. The van der Waals surface area contributed by atoms with Gasteiger partial charge in [0.15, 0.2) is 5.78 Å². The number of hydrogen-bond acceptors (Lipinski definition) is 3. The molecule has 1 aliphatic rings. The molecule has 0 aliphatic carbocycles. The normalized spacial score (nSPS) is 19.9. The number of nitrogens with zero attached hydrogens (tertiary/aromatic N) is 2. The van der Waals surface area contributed by atoms with Crippen LogP contribution in [0, 0.1) is 31.1 Å². The first kappa shape index (κ1) is 10.7. The summed E-state index contributed by atoms with van der Waals surface area (Å²) in [6.07, 6.45) is 0. The summed E-state index contributed by atoms with van der Waals surface area (Å²) >= 11 is 0. The van der Waals surface area contributed by atoms with Crippen LogP contribution in [0.5, 0.6) is 0 Å². The van der Waals surface area contributed by atoms with Gasteiger partial charge in [0.05, 0.1) is 12.6 Å². The van der Waals surface area contributed by atoms with Gasteiger partial charge in [-0.3, -0.25) is 4.79 Å². The molecule has 0 aromatic heterocycles. The lowest BCUT2D eigenvalue weighted by Gasteiger charge is -2.20. The number of anilines is 1. The van der Waals surface area contributed by atoms with Crippen molar-refractivity contribution in [2.45, 2.75) is 13.8 Å². The van der Waals surface area contributed by atoms with E-state index in [0.717, 1.165) is 5.69 Å². The molecule has 0 saturated carbocycles. The number of carbonyl (C=O) groups excluding carboxylic acids is 1. The molecule has 1 unspecified atom stereocenters. The van der Waals surface area contributed by atoms with Gasteiger partial charge >= 0.3 is 0 Å². The van der Waals surface area contributed by atoms with Crippen molar-refractivity contribution >= 4 is 11.5 Å². The Morgan fingerprint density at radius 1 is 1.44 bits per heavy atom. The van der Waals surface area contributed by atoms with Crippen LogP contribution in [-0.4, -0.2) is 18.9 Å². The number of aryl methyl sites for hydroxylation is 1. The first-order valence-electron chi connectivity index (χ1n) is 5.37. The van der Waals surface area contributed by atoms with E-state index in [1.165, 1.54) is 11.1 Å². The molecule has 1 fully saturated rings. The molecule has 0 radical (unpaired) electrons. The van der Waals surface area contributed by atoms with Gasteiger partial charge in [-0.25, -0.2) is 0 Å². The lowest BCUT2D eigenvalue weighted by molar-refractivity contribution is -0.118. The SMILES string of the molecule is Cc1cccc(N2CC(=O)C(C#N)C2)c1C. The van der Waals surface area contributed by atoms with Crippen molar-refractivity contribution in [1.82, 2.24) is 0 Å². The topological polar surface area (TPSA) is 44.1 Å². The quantitative estimate of drug-likeness (QED) is 0.716. The molecule has 3 nitrogen and oxygen atoms in total. The minimum absolute atomic E-state index is 0.0309. The fourth-order valence-corrected chi connectivity index (χ4v) is 2.06. The molecule has 3 heteroatoms. The van der Waals surface area contributed by atoms with Gasteiger partial charge in [-0.05, 0) is 31.0 Å². The molecular formula is C13H14N2O. The van der Waals surface area contributed by atoms with Crippen molar-refractivity contribution in [3.8, 4) is 6.07 Å². The predicted octanol–water partition coefficient (Wildman–Crippen LogP) is 1.83. The van der Waals surface area contributed by atoms with Gasteiger partial charge in [-0.1, -0.05) is 12.1 Å². The van der Waals surface area contributed by atoms with Gasteiger partial charge in [0, 0.05) is 12.2 Å². The zero-order valence-electron chi connectivity index (χ0n) is 9.53. The molecule has 1 saturated heterocycles. The minimum atomic E-state index is -0.458. The van der Waals surface area contributed by atoms with E-state index in [1.807, 2.05) is 17.0 Å². The third-order valence-electron chi connectivity index (χ3n) is 3.21. The van der Waals surface area contributed by atoms with E-state index in [4.69, 9.17) is 5.26 Å². The molecule has 1 aromatic carbocycles. The fraction of sp³-hybridized carbons (Fsp3) is 0.385. The number of Topliss-reactive ketones (excluding diaryl/α,β-unsaturated/α-hetero) is 1. The summed E-state index contributed by atoms with van der Waals surface area (Å²) in [5.74, 6) is -0.427. The maximum absolute atomic E-state index is 11.5. The molecule has 0 N–H and O–H groups in total. The number of rotatable bonds is 1. The van der Waals surface area contributed by atoms with Gasteiger partial charge in [0.2, 0.25) is 0 Å². The number of hydrogen-bond donors (Lipinski definition) is 0. The van der Waals surface area contributed by atoms with Crippen LogP contribution in [0.3, 0.4) is 0 Å². The first-order valence-corrected chi connectivity index (χ1v) is 5.37. The molecule has 1 aliphatic heterocycles. The first-order chi connectivity index (χ1) is 7.63. The van der Waals surface area contributed by atoms with Crippen LogP contribution in [0.15, 0.2) is 18.2 Å². The molecule has 0 amide bonds. The van der Waals surface area contributed by atoms with Crippen LogP contribution in [0.2, 0.25) is 0 Å². The smallest absolute Gasteiger partial charge is 0.170 e. The Morgan fingerprint density at radius 3 is 2.81 bits per heavy atom. The van der Waals surface area contributed by atoms with Crippen LogP contribution >= 0.6 is 0 Å². The summed E-state index contributed by atoms with van der Waals surface area (Å²) in [6, 6.07) is 8.11. The van der Waals surface area contributed by atoms with Crippen LogP contribution in [0.4, 0.5) is 5.69 Å². The van der Waals surface area contributed by atoms with E-state index in [0.29, 0.717) is 13.1 Å². The Hall–Kier alpha value is -1.82. The minimum Gasteiger partial charge on any atom is -0.362 e. The van der Waals surface area contributed by atoms with E-state index in [9.17, 15) is 4.79 Å². The summed E-state index contributed by atoms with van der Waals surface area (Å²) in [5, 5.41) is 8.83. The highest BCUT2D eigenvalue weighted by molar-refractivity contribution is 5.91. The van der Waals surface area contributed by atoms with Gasteiger partial charge in [-0.2, -0.15) is 5.26 Å². The Kier molecular flexibility index (Phi) is 2.66. The van der Waals surface area contributed by atoms with Crippen molar-refractivity contribution in [3.05, 3.63) is 29.3 Å². The summed E-state index contributed by atoms with van der Waals surface area (Å²) < 4.78 is 0. The molecule has 1 aromatic rings. The van der Waals surface area contributed by atoms with E-state index in [1.54, 1.807) is 0 Å². The maximum Gasteiger partial charge on any atom is 0.170 e. The van der Waals surface area contributed by atoms with E-state index >= 15 is 0 Å². The Bertz CT molecular complexity index is 473. The lowest BCUT2D eigenvalue weighted by Crippen LogP contribution is -2.21. The van der Waals surface area contributed by atoms with Gasteiger partial charge in [-0.15, -0.1) is 0 Å². The third kappa shape index (κ3) is 1.67. The Balaban J connectivity index is 2.31. The van der Waals surface area contributed by atoms with Crippen LogP contribution < -0.4 is 4.90 Å². The van der Waals surface area contributed by atoms with Crippen LogP contribution in [-0.2, 0) is 4.79 Å². The van der Waals surface area contributed by atoms with Crippen molar-refractivity contribution in [2.75, 3.05) is 18.0 Å². The molecule has 0 spiro atoms. The second-order valence-corrected chi connectivity index (χ2v) is 4.25. The average molecular weight is 214 g/mol. The van der Waals surface area contributed by atoms with Crippen LogP contribution in [0.1, 0.15) is 11.1 Å². The zero-order valence-corrected chi connectivity index (χ0v) is 9.53. The van der Waals surface area contributed by atoms with Crippen molar-refractivity contribution in [1.29, 1.82) is 5.26 Å². The third-order valence-corrected chi connectivity index (χ3v) is 3.21. The monoisotopic (exact) mass is 214 g/mol. The number of benzene rings is 1.